The van der Waals surface area contributed by atoms with Crippen molar-refractivity contribution >= 4 is 21.4 Å². The lowest BCUT2D eigenvalue weighted by atomic mass is 10.1. The second-order valence-electron chi connectivity index (χ2n) is 4.19. The van der Waals surface area contributed by atoms with Gasteiger partial charge in [0.25, 0.3) is 0 Å². The Kier molecular flexibility index (Phi) is 3.01. The molecular weight excluding hydrogens is 244 g/mol. The van der Waals surface area contributed by atoms with Crippen LogP contribution in [-0.4, -0.2) is 13.7 Å². The summed E-state index contributed by atoms with van der Waals surface area (Å²) >= 11 is 6.39. The minimum Gasteiger partial charge on any atom is -0.226 e. The number of sulfone groups is 1. The van der Waals surface area contributed by atoms with Gasteiger partial charge in [-0.15, -0.1) is 0 Å². The maximum Gasteiger partial charge on any atom is 0.176 e. The highest BCUT2D eigenvalue weighted by Gasteiger charge is 2.50. The quantitative estimate of drug-likeness (QED) is 0.778. The summed E-state index contributed by atoms with van der Waals surface area (Å²) in [6.07, 6.45) is 1.91. The molecule has 16 heavy (non-hydrogen) atoms. The first kappa shape index (κ1) is 11.9. The van der Waals surface area contributed by atoms with E-state index in [1.165, 1.54) is 0 Å². The largest absolute Gasteiger partial charge is 0.226 e. The minimum atomic E-state index is -3.27. The molecule has 0 aromatic heterocycles. The molecule has 0 radical (unpaired) electrons. The first-order valence-corrected chi connectivity index (χ1v) is 7.42. The van der Waals surface area contributed by atoms with Gasteiger partial charge in [-0.25, -0.2) is 8.42 Å². The van der Waals surface area contributed by atoms with Crippen LogP contribution in [0.1, 0.15) is 31.7 Å². The second-order valence-corrected chi connectivity index (χ2v) is 7.52. The summed E-state index contributed by atoms with van der Waals surface area (Å²) in [6.45, 7) is 1.82. The molecule has 4 heteroatoms. The molecule has 1 saturated carbocycles. The highest BCUT2D eigenvalue weighted by Crippen LogP contribution is 2.46. The fraction of sp³-hybridized carbons (Fsp3) is 0.500. The summed E-state index contributed by atoms with van der Waals surface area (Å²) in [7, 11) is -3.27. The van der Waals surface area contributed by atoms with Gasteiger partial charge < -0.3 is 0 Å². The van der Waals surface area contributed by atoms with Crippen molar-refractivity contribution in [3.05, 3.63) is 35.9 Å². The van der Waals surface area contributed by atoms with E-state index in [0.29, 0.717) is 12.0 Å². The van der Waals surface area contributed by atoms with Gasteiger partial charge in [0, 0.05) is 0 Å². The van der Waals surface area contributed by atoms with Crippen LogP contribution in [0.2, 0.25) is 0 Å². The van der Waals surface area contributed by atoms with Crippen LogP contribution in [0.15, 0.2) is 30.3 Å². The molecule has 0 aliphatic heterocycles. The van der Waals surface area contributed by atoms with Crippen molar-refractivity contribution in [3.63, 3.8) is 0 Å². The monoisotopic (exact) mass is 258 g/mol. The Morgan fingerprint density at radius 3 is 2.31 bits per heavy atom. The molecule has 1 unspecified atom stereocenters. The van der Waals surface area contributed by atoms with E-state index in [-0.39, 0.29) is 5.25 Å². The van der Waals surface area contributed by atoms with Crippen LogP contribution in [0.25, 0.3) is 0 Å². The Hall–Kier alpha value is -0.540. The van der Waals surface area contributed by atoms with Crippen LogP contribution in [0.3, 0.4) is 0 Å². The number of rotatable bonds is 4. The summed E-state index contributed by atoms with van der Waals surface area (Å²) in [5, 5.41) is -0.231. The fourth-order valence-corrected chi connectivity index (χ4v) is 4.56. The molecule has 0 amide bonds. The van der Waals surface area contributed by atoms with E-state index in [1.807, 2.05) is 25.1 Å². The third-order valence-corrected chi connectivity index (χ3v) is 6.98. The van der Waals surface area contributed by atoms with Gasteiger partial charge in [-0.1, -0.05) is 48.9 Å². The van der Waals surface area contributed by atoms with Crippen molar-refractivity contribution in [2.75, 3.05) is 0 Å². The van der Waals surface area contributed by atoms with Gasteiger partial charge in [0.1, 0.15) is 0 Å². The first-order valence-electron chi connectivity index (χ1n) is 5.50. The van der Waals surface area contributed by atoms with Crippen molar-refractivity contribution in [1.29, 1.82) is 0 Å². The number of alkyl halides is 1. The third kappa shape index (κ3) is 1.76. The van der Waals surface area contributed by atoms with Crippen LogP contribution in [0.5, 0.6) is 0 Å². The highest BCUT2D eigenvalue weighted by atomic mass is 35.5. The molecule has 0 bridgehead atoms. The molecule has 0 saturated heterocycles. The lowest BCUT2D eigenvalue weighted by molar-refractivity contribution is 0.566. The predicted molar refractivity (Wildman–Crippen MR) is 66.2 cm³/mol. The van der Waals surface area contributed by atoms with Crippen LogP contribution < -0.4 is 0 Å². The molecule has 1 aromatic carbocycles. The second kappa shape index (κ2) is 4.04. The number of benzene rings is 1. The van der Waals surface area contributed by atoms with E-state index in [2.05, 4.69) is 0 Å². The molecule has 1 fully saturated rings. The van der Waals surface area contributed by atoms with Crippen molar-refractivity contribution in [1.82, 2.24) is 0 Å². The Morgan fingerprint density at radius 1 is 1.31 bits per heavy atom. The van der Waals surface area contributed by atoms with Gasteiger partial charge in [-0.05, 0) is 24.8 Å². The summed E-state index contributed by atoms with van der Waals surface area (Å²) in [5.74, 6) is 0. The van der Waals surface area contributed by atoms with Crippen LogP contribution >= 0.6 is 11.6 Å². The summed E-state index contributed by atoms with van der Waals surface area (Å²) in [6, 6.07) is 9.09. The molecule has 1 aliphatic carbocycles. The average molecular weight is 259 g/mol. The number of hydrogen-bond acceptors (Lipinski definition) is 2. The molecule has 0 N–H and O–H groups in total. The Morgan fingerprint density at radius 2 is 1.88 bits per heavy atom. The Bertz CT molecular complexity index is 465. The molecule has 0 heterocycles. The zero-order valence-corrected chi connectivity index (χ0v) is 10.8. The normalized spacial score (nSPS) is 20.4. The first-order chi connectivity index (χ1) is 7.52. The molecule has 1 aromatic rings. The van der Waals surface area contributed by atoms with Gasteiger partial charge in [0.2, 0.25) is 0 Å². The van der Waals surface area contributed by atoms with E-state index >= 15 is 0 Å². The van der Waals surface area contributed by atoms with E-state index in [4.69, 9.17) is 11.6 Å². The fourth-order valence-electron chi connectivity index (χ4n) is 1.90. The standard InChI is InChI=1S/C12H15ClO2S/c1-2-12(13,10-6-4-3-5-7-10)16(14,15)11-8-9-11/h3-7,11H,2,8-9H2,1H3. The molecule has 2 nitrogen and oxygen atoms in total. The average Bonchev–Trinajstić information content (AvgIpc) is 3.13. The van der Waals surface area contributed by atoms with Gasteiger partial charge in [0.05, 0.1) is 5.25 Å². The van der Waals surface area contributed by atoms with Gasteiger partial charge in [-0.2, -0.15) is 0 Å². The van der Waals surface area contributed by atoms with Gasteiger partial charge in [-0.3, -0.25) is 0 Å². The van der Waals surface area contributed by atoms with Crippen LogP contribution in [0, 0.1) is 0 Å². The molecule has 88 valence electrons. The SMILES string of the molecule is CCC(Cl)(c1ccccc1)S(=O)(=O)C1CC1. The number of hydrogen-bond donors (Lipinski definition) is 0. The van der Waals surface area contributed by atoms with E-state index in [1.54, 1.807) is 12.1 Å². The van der Waals surface area contributed by atoms with Gasteiger partial charge >= 0.3 is 0 Å². The van der Waals surface area contributed by atoms with E-state index in [0.717, 1.165) is 12.8 Å². The Labute approximate surface area is 102 Å². The highest BCUT2D eigenvalue weighted by molar-refractivity contribution is 7.94. The minimum absolute atomic E-state index is 0.231. The Balaban J connectivity index is 2.48. The topological polar surface area (TPSA) is 34.1 Å². The maximum atomic E-state index is 12.3. The van der Waals surface area contributed by atoms with Crippen molar-refractivity contribution in [3.8, 4) is 0 Å². The van der Waals surface area contributed by atoms with Gasteiger partial charge in [0.15, 0.2) is 14.0 Å². The maximum absolute atomic E-state index is 12.3. The lowest BCUT2D eigenvalue weighted by Crippen LogP contribution is -2.32. The summed E-state index contributed by atoms with van der Waals surface area (Å²) in [4.78, 5) is 0. The summed E-state index contributed by atoms with van der Waals surface area (Å²) in [5.41, 5.74) is 0.686. The predicted octanol–water partition coefficient (Wildman–Crippen LogP) is 3.07. The van der Waals surface area contributed by atoms with Crippen molar-refractivity contribution in [2.45, 2.75) is 35.6 Å². The van der Waals surface area contributed by atoms with Crippen LogP contribution in [-0.2, 0) is 14.0 Å². The third-order valence-electron chi connectivity index (χ3n) is 3.07. The number of halogens is 1. The molecular formula is C12H15ClO2S. The summed E-state index contributed by atoms with van der Waals surface area (Å²) < 4.78 is 23.4. The van der Waals surface area contributed by atoms with Crippen LogP contribution in [0.4, 0.5) is 0 Å². The van der Waals surface area contributed by atoms with Crippen molar-refractivity contribution < 1.29 is 8.42 Å². The lowest BCUT2D eigenvalue weighted by Gasteiger charge is -2.26. The van der Waals surface area contributed by atoms with E-state index in [9.17, 15) is 8.42 Å². The smallest absolute Gasteiger partial charge is 0.176 e. The van der Waals surface area contributed by atoms with E-state index < -0.39 is 14.0 Å². The molecule has 1 aliphatic rings. The molecule has 0 spiro atoms. The molecule has 1 atom stereocenters. The molecule has 2 rings (SSSR count). The zero-order valence-electron chi connectivity index (χ0n) is 9.19. The van der Waals surface area contributed by atoms with Crippen molar-refractivity contribution in [2.24, 2.45) is 0 Å². The zero-order chi connectivity index (χ0) is 11.8.